The Kier molecular flexibility index (Phi) is 3.29. The van der Waals surface area contributed by atoms with Gasteiger partial charge in [-0.25, -0.2) is 9.50 Å². The molecule has 1 saturated heterocycles. The van der Waals surface area contributed by atoms with Gasteiger partial charge in [0.2, 0.25) is 0 Å². The first-order valence-corrected chi connectivity index (χ1v) is 7.24. The van der Waals surface area contributed by atoms with Gasteiger partial charge < -0.3 is 9.64 Å². The van der Waals surface area contributed by atoms with Crippen molar-refractivity contribution in [3.8, 4) is 5.75 Å². The molecular weight excluding hydrogens is 323 g/mol. The molecule has 3 aromatic heterocycles. The van der Waals surface area contributed by atoms with Crippen LogP contribution in [-0.2, 0) is 6.18 Å². The summed E-state index contributed by atoms with van der Waals surface area (Å²) in [5.41, 5.74) is -0.0823. The molecule has 0 spiro atoms. The number of rotatable bonds is 3. The molecule has 1 fully saturated rings. The Balaban J connectivity index is 1.44. The van der Waals surface area contributed by atoms with Gasteiger partial charge in [-0.2, -0.15) is 18.3 Å². The van der Waals surface area contributed by atoms with Crippen LogP contribution in [-0.4, -0.2) is 38.8 Å². The molecule has 0 radical (unpaired) electrons. The third-order valence-corrected chi connectivity index (χ3v) is 3.78. The molecular formula is C15H12F3N5O. The summed E-state index contributed by atoms with van der Waals surface area (Å²) in [5.74, 6) is 0.943. The van der Waals surface area contributed by atoms with Crippen LogP contribution in [0.1, 0.15) is 5.69 Å². The Morgan fingerprint density at radius 2 is 1.92 bits per heavy atom. The Morgan fingerprint density at radius 1 is 1.08 bits per heavy atom. The smallest absolute Gasteiger partial charge is 0.433 e. The number of anilines is 1. The molecule has 0 aliphatic carbocycles. The number of hydrogen-bond donors (Lipinski definition) is 0. The summed E-state index contributed by atoms with van der Waals surface area (Å²) in [5, 5.41) is 4.14. The van der Waals surface area contributed by atoms with Crippen molar-refractivity contribution in [2.45, 2.75) is 12.3 Å². The first-order valence-electron chi connectivity index (χ1n) is 7.24. The Hall–Kier alpha value is -2.84. The molecule has 0 amide bonds. The second-order valence-corrected chi connectivity index (χ2v) is 5.43. The maximum absolute atomic E-state index is 12.7. The number of pyridine rings is 1. The molecule has 0 N–H and O–H groups in total. The van der Waals surface area contributed by atoms with Crippen LogP contribution in [0, 0.1) is 0 Å². The van der Waals surface area contributed by atoms with Crippen LogP contribution in [0.3, 0.4) is 0 Å². The predicted molar refractivity (Wildman–Crippen MR) is 78.9 cm³/mol. The maximum atomic E-state index is 12.7. The minimum atomic E-state index is -4.48. The second-order valence-electron chi connectivity index (χ2n) is 5.43. The van der Waals surface area contributed by atoms with Crippen molar-refractivity contribution in [2.24, 2.45) is 0 Å². The van der Waals surface area contributed by atoms with Crippen LogP contribution >= 0.6 is 0 Å². The molecule has 6 nitrogen and oxygen atoms in total. The summed E-state index contributed by atoms with van der Waals surface area (Å²) in [6, 6.07) is 4.20. The second kappa shape index (κ2) is 5.36. The number of aromatic nitrogens is 4. The van der Waals surface area contributed by atoms with Crippen molar-refractivity contribution in [3.05, 3.63) is 48.7 Å². The quantitative estimate of drug-likeness (QED) is 0.736. The fraction of sp³-hybridized carbons (Fsp3) is 0.267. The number of nitrogens with zero attached hydrogens (tertiary/aromatic N) is 5. The molecule has 1 aliphatic rings. The van der Waals surface area contributed by atoms with Gasteiger partial charge >= 0.3 is 6.18 Å². The zero-order valence-corrected chi connectivity index (χ0v) is 12.3. The molecule has 0 saturated carbocycles. The highest BCUT2D eigenvalue weighted by molar-refractivity contribution is 5.69. The molecule has 124 valence electrons. The number of fused-ring (bicyclic) bond motifs is 1. The van der Waals surface area contributed by atoms with Crippen LogP contribution in [0.5, 0.6) is 5.75 Å². The summed E-state index contributed by atoms with van der Waals surface area (Å²) < 4.78 is 45.3. The van der Waals surface area contributed by atoms with Crippen molar-refractivity contribution in [1.82, 2.24) is 19.6 Å². The lowest BCUT2D eigenvalue weighted by Gasteiger charge is -2.39. The van der Waals surface area contributed by atoms with Gasteiger partial charge in [0.05, 0.1) is 19.3 Å². The molecule has 0 bridgehead atoms. The molecule has 9 heteroatoms. The van der Waals surface area contributed by atoms with E-state index >= 15 is 0 Å². The van der Waals surface area contributed by atoms with E-state index in [1.165, 1.54) is 6.07 Å². The van der Waals surface area contributed by atoms with E-state index in [-0.39, 0.29) is 11.9 Å². The summed E-state index contributed by atoms with van der Waals surface area (Å²) in [6.07, 6.45) is 1.52. The number of halogens is 3. The van der Waals surface area contributed by atoms with E-state index in [4.69, 9.17) is 4.74 Å². The van der Waals surface area contributed by atoms with E-state index in [9.17, 15) is 13.2 Å². The van der Waals surface area contributed by atoms with E-state index in [1.807, 2.05) is 11.0 Å². The summed E-state index contributed by atoms with van der Waals surface area (Å²) in [4.78, 5) is 9.65. The largest absolute Gasteiger partial charge is 0.487 e. The van der Waals surface area contributed by atoms with Crippen LogP contribution in [0.25, 0.3) is 5.52 Å². The van der Waals surface area contributed by atoms with Crippen molar-refractivity contribution < 1.29 is 17.9 Å². The van der Waals surface area contributed by atoms with Gasteiger partial charge in [0.25, 0.3) is 0 Å². The Morgan fingerprint density at radius 3 is 2.71 bits per heavy atom. The van der Waals surface area contributed by atoms with Crippen molar-refractivity contribution in [1.29, 1.82) is 0 Å². The Bertz CT molecular complexity index is 873. The third-order valence-electron chi connectivity index (χ3n) is 3.78. The van der Waals surface area contributed by atoms with Crippen molar-refractivity contribution in [2.75, 3.05) is 18.0 Å². The van der Waals surface area contributed by atoms with E-state index in [0.29, 0.717) is 13.1 Å². The van der Waals surface area contributed by atoms with Crippen LogP contribution in [0.2, 0.25) is 0 Å². The lowest BCUT2D eigenvalue weighted by Crippen LogP contribution is -2.54. The van der Waals surface area contributed by atoms with E-state index in [0.717, 1.165) is 23.6 Å². The SMILES string of the molecule is FC(F)(F)c1cc(OC2CN(c3nccn4nccc34)C2)ccn1. The van der Waals surface area contributed by atoms with Gasteiger partial charge in [0.1, 0.15) is 23.1 Å². The first kappa shape index (κ1) is 14.7. The minimum absolute atomic E-state index is 0.164. The summed E-state index contributed by atoms with van der Waals surface area (Å²) >= 11 is 0. The summed E-state index contributed by atoms with van der Waals surface area (Å²) in [6.45, 7) is 1.09. The standard InChI is InChI=1S/C15H12F3N5O/c16-15(17,18)13-7-10(1-3-19-13)24-11-8-22(9-11)14-12-2-4-21-23(12)6-5-20-14/h1-7,11H,8-9H2. The molecule has 0 unspecified atom stereocenters. The molecule has 0 atom stereocenters. The molecule has 4 rings (SSSR count). The predicted octanol–water partition coefficient (Wildman–Crippen LogP) is 2.41. The first-order chi connectivity index (χ1) is 11.5. The molecule has 24 heavy (non-hydrogen) atoms. The molecule has 0 aromatic carbocycles. The molecule has 4 heterocycles. The summed E-state index contributed by atoms with van der Waals surface area (Å²) in [7, 11) is 0. The highest BCUT2D eigenvalue weighted by atomic mass is 19.4. The van der Waals surface area contributed by atoms with Crippen LogP contribution in [0.4, 0.5) is 19.0 Å². The van der Waals surface area contributed by atoms with Crippen molar-refractivity contribution >= 4 is 11.3 Å². The minimum Gasteiger partial charge on any atom is -0.487 e. The number of hydrogen-bond acceptors (Lipinski definition) is 5. The topological polar surface area (TPSA) is 55.5 Å². The van der Waals surface area contributed by atoms with Gasteiger partial charge in [-0.05, 0) is 12.1 Å². The van der Waals surface area contributed by atoms with Crippen LogP contribution in [0.15, 0.2) is 43.0 Å². The zero-order valence-electron chi connectivity index (χ0n) is 12.3. The lowest BCUT2D eigenvalue weighted by atomic mass is 10.1. The van der Waals surface area contributed by atoms with Gasteiger partial charge in [0, 0.05) is 24.7 Å². The Labute approximate surface area is 134 Å². The van der Waals surface area contributed by atoms with E-state index in [2.05, 4.69) is 15.1 Å². The van der Waals surface area contributed by atoms with Crippen molar-refractivity contribution in [3.63, 3.8) is 0 Å². The van der Waals surface area contributed by atoms with Gasteiger partial charge in [0.15, 0.2) is 5.82 Å². The molecule has 1 aliphatic heterocycles. The molecule has 3 aromatic rings. The zero-order chi connectivity index (χ0) is 16.7. The number of alkyl halides is 3. The average Bonchev–Trinajstić information content (AvgIpc) is 2.99. The highest BCUT2D eigenvalue weighted by Gasteiger charge is 2.34. The highest BCUT2D eigenvalue weighted by Crippen LogP contribution is 2.31. The van der Waals surface area contributed by atoms with Gasteiger partial charge in [-0.15, -0.1) is 0 Å². The lowest BCUT2D eigenvalue weighted by molar-refractivity contribution is -0.141. The van der Waals surface area contributed by atoms with E-state index in [1.54, 1.807) is 23.1 Å². The van der Waals surface area contributed by atoms with E-state index < -0.39 is 11.9 Å². The van der Waals surface area contributed by atoms with Gasteiger partial charge in [-0.1, -0.05) is 0 Å². The monoisotopic (exact) mass is 335 g/mol. The fourth-order valence-corrected chi connectivity index (χ4v) is 2.60. The van der Waals surface area contributed by atoms with Crippen LogP contribution < -0.4 is 9.64 Å². The fourth-order valence-electron chi connectivity index (χ4n) is 2.60. The normalized spacial score (nSPS) is 15.5. The average molecular weight is 335 g/mol. The third kappa shape index (κ3) is 2.61. The number of ether oxygens (including phenoxy) is 1. The van der Waals surface area contributed by atoms with Gasteiger partial charge in [-0.3, -0.25) is 4.98 Å². The maximum Gasteiger partial charge on any atom is 0.433 e.